The minimum absolute atomic E-state index is 0.249. The average Bonchev–Trinajstić information content (AvgIpc) is 2.21. The number of carbonyl (C=O) groups excluding carboxylic acids is 2. The number of benzene rings is 1. The normalized spacial score (nSPS) is 9.81. The molecule has 0 spiro atoms. The fourth-order valence-electron chi connectivity index (χ4n) is 0.953. The Bertz CT molecular complexity index is 422. The lowest BCUT2D eigenvalue weighted by atomic mass is 10.2. The summed E-state index contributed by atoms with van der Waals surface area (Å²) < 4.78 is 0.710. The van der Waals surface area contributed by atoms with Crippen molar-refractivity contribution < 1.29 is 14.4 Å². The van der Waals surface area contributed by atoms with Gasteiger partial charge in [0.25, 0.3) is 5.91 Å². The smallest absolute Gasteiger partial charge is 0.276 e. The number of anilines is 1. The summed E-state index contributed by atoms with van der Waals surface area (Å²) >= 11 is 3.21. The summed E-state index contributed by atoms with van der Waals surface area (Å²) in [4.78, 5) is 26.4. The molecular formula is C9H10BrN3O3. The number of halogens is 1. The first-order valence-corrected chi connectivity index (χ1v) is 5.05. The quantitative estimate of drug-likeness (QED) is 0.542. The molecule has 0 bridgehead atoms. The van der Waals surface area contributed by atoms with Crippen molar-refractivity contribution in [3.8, 4) is 0 Å². The number of nitrogens with two attached hydrogens (primary N) is 2. The minimum atomic E-state index is -0.678. The van der Waals surface area contributed by atoms with E-state index in [1.165, 1.54) is 6.07 Å². The molecule has 0 heterocycles. The van der Waals surface area contributed by atoms with Gasteiger partial charge < -0.3 is 11.5 Å². The first-order chi connectivity index (χ1) is 7.50. The molecule has 86 valence electrons. The highest BCUT2D eigenvalue weighted by Crippen LogP contribution is 2.18. The van der Waals surface area contributed by atoms with Crippen LogP contribution in [0.5, 0.6) is 0 Å². The van der Waals surface area contributed by atoms with Crippen LogP contribution >= 0.6 is 15.9 Å². The number of primary amides is 1. The molecule has 0 saturated heterocycles. The third-order valence-electron chi connectivity index (χ3n) is 1.64. The number of nitrogen functional groups attached to an aromatic ring is 1. The van der Waals surface area contributed by atoms with Crippen LogP contribution in [-0.2, 0) is 9.63 Å². The highest BCUT2D eigenvalue weighted by molar-refractivity contribution is 9.10. The van der Waals surface area contributed by atoms with Crippen LogP contribution in [0.15, 0.2) is 22.7 Å². The fourth-order valence-corrected chi connectivity index (χ4v) is 1.31. The van der Waals surface area contributed by atoms with Crippen molar-refractivity contribution in [3.05, 3.63) is 28.2 Å². The van der Waals surface area contributed by atoms with Crippen molar-refractivity contribution in [1.82, 2.24) is 5.48 Å². The zero-order valence-corrected chi connectivity index (χ0v) is 9.78. The molecule has 1 aromatic rings. The van der Waals surface area contributed by atoms with Crippen LogP contribution in [-0.4, -0.2) is 18.4 Å². The van der Waals surface area contributed by atoms with E-state index >= 15 is 0 Å². The van der Waals surface area contributed by atoms with Crippen LogP contribution in [0.3, 0.4) is 0 Å². The van der Waals surface area contributed by atoms with Gasteiger partial charge in [-0.05, 0) is 18.2 Å². The second kappa shape index (κ2) is 5.47. The molecule has 0 saturated carbocycles. The van der Waals surface area contributed by atoms with Crippen molar-refractivity contribution in [3.63, 3.8) is 0 Å². The minimum Gasteiger partial charge on any atom is -0.398 e. The molecule has 2 amide bonds. The lowest BCUT2D eigenvalue weighted by molar-refractivity contribution is -0.124. The van der Waals surface area contributed by atoms with Crippen LogP contribution in [0.25, 0.3) is 0 Å². The maximum atomic E-state index is 11.5. The molecular weight excluding hydrogens is 278 g/mol. The van der Waals surface area contributed by atoms with E-state index in [9.17, 15) is 9.59 Å². The summed E-state index contributed by atoms with van der Waals surface area (Å²) in [6.07, 6.45) is 0. The van der Waals surface area contributed by atoms with Gasteiger partial charge in [-0.15, -0.1) is 0 Å². The molecule has 6 nitrogen and oxygen atoms in total. The Kier molecular flexibility index (Phi) is 4.27. The van der Waals surface area contributed by atoms with E-state index < -0.39 is 11.8 Å². The van der Waals surface area contributed by atoms with E-state index in [0.29, 0.717) is 10.2 Å². The molecule has 0 atom stereocenters. The molecule has 0 aliphatic rings. The Morgan fingerprint density at radius 3 is 2.75 bits per heavy atom. The number of hydrogen-bond acceptors (Lipinski definition) is 4. The summed E-state index contributed by atoms with van der Waals surface area (Å²) in [5.41, 5.74) is 13.0. The summed E-state index contributed by atoms with van der Waals surface area (Å²) in [6.45, 7) is -0.389. The Balaban J connectivity index is 2.65. The Morgan fingerprint density at radius 1 is 1.44 bits per heavy atom. The Morgan fingerprint density at radius 2 is 2.12 bits per heavy atom. The van der Waals surface area contributed by atoms with Crippen LogP contribution in [0, 0.1) is 0 Å². The summed E-state index contributed by atoms with van der Waals surface area (Å²) in [5, 5.41) is 0. The second-order valence-electron chi connectivity index (χ2n) is 2.92. The van der Waals surface area contributed by atoms with Crippen LogP contribution < -0.4 is 16.9 Å². The van der Waals surface area contributed by atoms with Gasteiger partial charge >= 0.3 is 0 Å². The van der Waals surface area contributed by atoms with Crippen LogP contribution in [0.4, 0.5) is 5.69 Å². The van der Waals surface area contributed by atoms with Gasteiger partial charge in [-0.25, -0.2) is 5.48 Å². The molecule has 1 aromatic carbocycles. The molecule has 7 heteroatoms. The summed E-state index contributed by atoms with van der Waals surface area (Å²) in [5.74, 6) is -1.22. The van der Waals surface area contributed by atoms with Crippen molar-refractivity contribution >= 4 is 33.4 Å². The monoisotopic (exact) mass is 287 g/mol. The molecule has 0 aliphatic heterocycles. The van der Waals surface area contributed by atoms with E-state index in [4.69, 9.17) is 11.5 Å². The number of nitrogens with one attached hydrogen (secondary N) is 1. The number of rotatable bonds is 4. The first-order valence-electron chi connectivity index (χ1n) is 4.26. The van der Waals surface area contributed by atoms with Gasteiger partial charge in [-0.1, -0.05) is 15.9 Å². The second-order valence-corrected chi connectivity index (χ2v) is 3.83. The summed E-state index contributed by atoms with van der Waals surface area (Å²) in [7, 11) is 0. The third-order valence-corrected chi connectivity index (χ3v) is 2.13. The maximum Gasteiger partial charge on any atom is 0.276 e. The predicted octanol–water partition coefficient (Wildman–Crippen LogP) is 0.178. The van der Waals surface area contributed by atoms with E-state index in [2.05, 4.69) is 26.2 Å². The van der Waals surface area contributed by atoms with Crippen LogP contribution in [0.2, 0.25) is 0 Å². The van der Waals surface area contributed by atoms with E-state index in [-0.39, 0.29) is 12.2 Å². The topological polar surface area (TPSA) is 107 Å². The van der Waals surface area contributed by atoms with Gasteiger partial charge in [-0.3, -0.25) is 14.4 Å². The Labute approximate surface area is 100 Å². The Hall–Kier alpha value is -1.60. The fraction of sp³-hybridized carbons (Fsp3) is 0.111. The van der Waals surface area contributed by atoms with Gasteiger partial charge in [0.05, 0.1) is 5.56 Å². The molecule has 0 fully saturated rings. The van der Waals surface area contributed by atoms with Crippen molar-refractivity contribution in [2.24, 2.45) is 5.73 Å². The predicted molar refractivity (Wildman–Crippen MR) is 61.2 cm³/mol. The standard InChI is InChI=1S/C9H10BrN3O3/c10-5-1-2-7(11)6(3-5)9(15)13-16-4-8(12)14/h1-3H,4,11H2,(H2,12,14)(H,13,15). The molecule has 5 N–H and O–H groups in total. The van der Waals surface area contributed by atoms with Gasteiger partial charge in [-0.2, -0.15) is 0 Å². The van der Waals surface area contributed by atoms with Crippen molar-refractivity contribution in [2.75, 3.05) is 12.3 Å². The largest absolute Gasteiger partial charge is 0.398 e. The maximum absolute atomic E-state index is 11.5. The lowest BCUT2D eigenvalue weighted by Gasteiger charge is -2.06. The average molecular weight is 288 g/mol. The zero-order valence-electron chi connectivity index (χ0n) is 8.20. The van der Waals surface area contributed by atoms with Crippen LogP contribution in [0.1, 0.15) is 10.4 Å². The molecule has 0 aromatic heterocycles. The number of amides is 2. The molecule has 16 heavy (non-hydrogen) atoms. The molecule has 0 aliphatic carbocycles. The lowest BCUT2D eigenvalue weighted by Crippen LogP contribution is -2.29. The molecule has 0 radical (unpaired) electrons. The highest BCUT2D eigenvalue weighted by Gasteiger charge is 2.10. The third kappa shape index (κ3) is 3.52. The highest BCUT2D eigenvalue weighted by atomic mass is 79.9. The van der Waals surface area contributed by atoms with Gasteiger partial charge in [0, 0.05) is 10.2 Å². The number of carbonyl (C=O) groups is 2. The van der Waals surface area contributed by atoms with Gasteiger partial charge in [0.15, 0.2) is 6.61 Å². The first kappa shape index (κ1) is 12.5. The van der Waals surface area contributed by atoms with Crippen molar-refractivity contribution in [2.45, 2.75) is 0 Å². The van der Waals surface area contributed by atoms with Gasteiger partial charge in [0.1, 0.15) is 0 Å². The molecule has 1 rings (SSSR count). The summed E-state index contributed by atoms with van der Waals surface area (Å²) in [6, 6.07) is 4.82. The van der Waals surface area contributed by atoms with E-state index in [1.54, 1.807) is 12.1 Å². The van der Waals surface area contributed by atoms with E-state index in [1.807, 2.05) is 0 Å². The zero-order chi connectivity index (χ0) is 12.1. The van der Waals surface area contributed by atoms with E-state index in [0.717, 1.165) is 0 Å². The molecule has 0 unspecified atom stereocenters. The van der Waals surface area contributed by atoms with Crippen molar-refractivity contribution in [1.29, 1.82) is 0 Å². The number of hydroxylamine groups is 1. The SMILES string of the molecule is NC(=O)CONC(=O)c1cc(Br)ccc1N. The van der Waals surface area contributed by atoms with Gasteiger partial charge in [0.2, 0.25) is 5.91 Å². The number of hydrogen-bond donors (Lipinski definition) is 3.